The summed E-state index contributed by atoms with van der Waals surface area (Å²) in [4.78, 5) is 0. The van der Waals surface area contributed by atoms with E-state index in [1.54, 1.807) is 0 Å². The summed E-state index contributed by atoms with van der Waals surface area (Å²) in [6, 6.07) is 6.29. The van der Waals surface area contributed by atoms with Crippen LogP contribution in [-0.2, 0) is 0 Å². The number of hydrogen-bond donors (Lipinski definition) is 1. The van der Waals surface area contributed by atoms with Crippen LogP contribution in [0.4, 0.5) is 0 Å². The molecular formula is C16H25Cl2NS. The lowest BCUT2D eigenvalue weighted by atomic mass is 10.0. The number of rotatable bonds is 10. The van der Waals surface area contributed by atoms with Gasteiger partial charge in [0.25, 0.3) is 0 Å². The molecule has 0 saturated heterocycles. The highest BCUT2D eigenvalue weighted by atomic mass is 35.5. The van der Waals surface area contributed by atoms with Crippen LogP contribution in [0.2, 0.25) is 10.0 Å². The summed E-state index contributed by atoms with van der Waals surface area (Å²) in [5.74, 6) is 1.29. The molecule has 0 aromatic heterocycles. The molecule has 1 aromatic carbocycles. The highest BCUT2D eigenvalue weighted by Gasteiger charge is 2.09. The van der Waals surface area contributed by atoms with Crippen molar-refractivity contribution in [1.29, 1.82) is 0 Å². The van der Waals surface area contributed by atoms with Crippen LogP contribution in [0.15, 0.2) is 18.2 Å². The van der Waals surface area contributed by atoms with E-state index in [-0.39, 0.29) is 0 Å². The largest absolute Gasteiger partial charge is 0.310 e. The van der Waals surface area contributed by atoms with Gasteiger partial charge in [0.05, 0.1) is 10.0 Å². The van der Waals surface area contributed by atoms with Crippen molar-refractivity contribution < 1.29 is 0 Å². The quantitative estimate of drug-likeness (QED) is 0.530. The zero-order valence-corrected chi connectivity index (χ0v) is 14.8. The minimum atomic E-state index is 0.371. The molecule has 20 heavy (non-hydrogen) atoms. The van der Waals surface area contributed by atoms with Crippen molar-refractivity contribution in [3.63, 3.8) is 0 Å². The Balaban J connectivity index is 2.30. The first-order valence-corrected chi connectivity index (χ1v) is 9.51. The standard InChI is InChI=1S/C16H25Cl2NS/c1-3-16(13-8-9-14(17)15(18)12-13)19-10-6-4-5-7-11-20-2/h8-9,12,16,19H,3-7,10-11H2,1-2H3. The Labute approximate surface area is 137 Å². The lowest BCUT2D eigenvalue weighted by molar-refractivity contribution is 0.498. The molecule has 0 aliphatic heterocycles. The van der Waals surface area contributed by atoms with Gasteiger partial charge in [-0.15, -0.1) is 0 Å². The fourth-order valence-corrected chi connectivity index (χ4v) is 3.03. The van der Waals surface area contributed by atoms with Gasteiger partial charge in [-0.25, -0.2) is 0 Å². The van der Waals surface area contributed by atoms with Gasteiger partial charge in [-0.3, -0.25) is 0 Å². The molecule has 1 rings (SSSR count). The fraction of sp³-hybridized carbons (Fsp3) is 0.625. The second-order valence-electron chi connectivity index (χ2n) is 5.00. The molecule has 0 spiro atoms. The Morgan fingerprint density at radius 3 is 2.50 bits per heavy atom. The predicted molar refractivity (Wildman–Crippen MR) is 94.3 cm³/mol. The first-order valence-electron chi connectivity index (χ1n) is 7.36. The number of benzene rings is 1. The molecule has 0 heterocycles. The van der Waals surface area contributed by atoms with Crippen LogP contribution >= 0.6 is 35.0 Å². The average molecular weight is 334 g/mol. The number of nitrogens with one attached hydrogen (secondary N) is 1. The Hall–Kier alpha value is 0.110. The second kappa shape index (κ2) is 10.8. The maximum atomic E-state index is 6.09. The van der Waals surface area contributed by atoms with Gasteiger partial charge in [-0.1, -0.05) is 49.0 Å². The molecule has 0 radical (unpaired) electrons. The summed E-state index contributed by atoms with van der Waals surface area (Å²) in [6.07, 6.45) is 8.46. The smallest absolute Gasteiger partial charge is 0.0595 e. The molecule has 1 unspecified atom stereocenters. The van der Waals surface area contributed by atoms with E-state index in [0.717, 1.165) is 13.0 Å². The van der Waals surface area contributed by atoms with E-state index in [2.05, 4.69) is 24.6 Å². The van der Waals surface area contributed by atoms with Crippen LogP contribution in [-0.4, -0.2) is 18.6 Å². The molecule has 0 saturated carbocycles. The minimum absolute atomic E-state index is 0.371. The van der Waals surface area contributed by atoms with Gasteiger partial charge in [-0.2, -0.15) is 11.8 Å². The predicted octanol–water partition coefficient (Wildman–Crippen LogP) is 5.96. The van der Waals surface area contributed by atoms with Gasteiger partial charge < -0.3 is 5.32 Å². The van der Waals surface area contributed by atoms with Gasteiger partial charge in [0, 0.05) is 6.04 Å². The van der Waals surface area contributed by atoms with Crippen LogP contribution < -0.4 is 5.32 Å². The van der Waals surface area contributed by atoms with Crippen molar-refractivity contribution in [3.05, 3.63) is 33.8 Å². The lowest BCUT2D eigenvalue weighted by Crippen LogP contribution is -2.21. The van der Waals surface area contributed by atoms with Crippen LogP contribution in [0.3, 0.4) is 0 Å². The number of halogens is 2. The zero-order valence-electron chi connectivity index (χ0n) is 12.4. The van der Waals surface area contributed by atoms with E-state index in [9.17, 15) is 0 Å². The third-order valence-electron chi connectivity index (χ3n) is 3.42. The third-order valence-corrected chi connectivity index (χ3v) is 4.86. The van der Waals surface area contributed by atoms with Crippen molar-refractivity contribution >= 4 is 35.0 Å². The Morgan fingerprint density at radius 1 is 1.10 bits per heavy atom. The first-order chi connectivity index (χ1) is 9.69. The molecule has 1 atom stereocenters. The van der Waals surface area contributed by atoms with E-state index in [4.69, 9.17) is 23.2 Å². The van der Waals surface area contributed by atoms with Crippen LogP contribution in [0.5, 0.6) is 0 Å². The molecule has 4 heteroatoms. The molecular weight excluding hydrogens is 309 g/mol. The van der Waals surface area contributed by atoms with E-state index in [0.29, 0.717) is 16.1 Å². The monoisotopic (exact) mass is 333 g/mol. The fourth-order valence-electron chi connectivity index (χ4n) is 2.23. The highest BCUT2D eigenvalue weighted by Crippen LogP contribution is 2.26. The van der Waals surface area contributed by atoms with Crippen molar-refractivity contribution in [1.82, 2.24) is 5.32 Å². The molecule has 0 aliphatic rings. The van der Waals surface area contributed by atoms with Gasteiger partial charge in [-0.05, 0) is 55.5 Å². The summed E-state index contributed by atoms with van der Waals surface area (Å²) in [7, 11) is 0. The Bertz CT molecular complexity index is 385. The molecule has 0 fully saturated rings. The SMILES string of the molecule is CCC(NCCCCCCSC)c1ccc(Cl)c(Cl)c1. The third kappa shape index (κ3) is 6.71. The second-order valence-corrected chi connectivity index (χ2v) is 6.80. The van der Waals surface area contributed by atoms with E-state index < -0.39 is 0 Å². The zero-order chi connectivity index (χ0) is 14.8. The van der Waals surface area contributed by atoms with Crippen LogP contribution in [0, 0.1) is 0 Å². The molecule has 114 valence electrons. The summed E-state index contributed by atoms with van der Waals surface area (Å²) in [6.45, 7) is 3.26. The maximum Gasteiger partial charge on any atom is 0.0595 e. The number of unbranched alkanes of at least 4 members (excludes halogenated alkanes) is 3. The first kappa shape index (κ1) is 18.2. The van der Waals surface area contributed by atoms with Gasteiger partial charge in [0.1, 0.15) is 0 Å². The van der Waals surface area contributed by atoms with Gasteiger partial charge in [0.2, 0.25) is 0 Å². The summed E-state index contributed by atoms with van der Waals surface area (Å²) in [5.41, 5.74) is 1.23. The molecule has 0 amide bonds. The van der Waals surface area contributed by atoms with E-state index >= 15 is 0 Å². The van der Waals surface area contributed by atoms with Crippen molar-refractivity contribution in [2.45, 2.75) is 45.1 Å². The van der Waals surface area contributed by atoms with Gasteiger partial charge >= 0.3 is 0 Å². The van der Waals surface area contributed by atoms with Crippen molar-refractivity contribution in [3.8, 4) is 0 Å². The van der Waals surface area contributed by atoms with Crippen molar-refractivity contribution in [2.75, 3.05) is 18.6 Å². The van der Waals surface area contributed by atoms with Gasteiger partial charge in [0.15, 0.2) is 0 Å². The Kier molecular flexibility index (Phi) is 9.79. The van der Waals surface area contributed by atoms with Crippen molar-refractivity contribution in [2.24, 2.45) is 0 Å². The molecule has 1 aromatic rings. The summed E-state index contributed by atoms with van der Waals surface area (Å²) < 4.78 is 0. The topological polar surface area (TPSA) is 12.0 Å². The van der Waals surface area contributed by atoms with Crippen LogP contribution in [0.1, 0.15) is 50.6 Å². The minimum Gasteiger partial charge on any atom is -0.310 e. The normalized spacial score (nSPS) is 12.6. The summed E-state index contributed by atoms with van der Waals surface area (Å²) >= 11 is 14.0. The van der Waals surface area contributed by atoms with E-state index in [1.165, 1.54) is 37.0 Å². The molecule has 1 N–H and O–H groups in total. The maximum absolute atomic E-state index is 6.09. The molecule has 0 aliphatic carbocycles. The average Bonchev–Trinajstić information content (AvgIpc) is 2.45. The summed E-state index contributed by atoms with van der Waals surface area (Å²) in [5, 5.41) is 4.88. The number of thioether (sulfide) groups is 1. The lowest BCUT2D eigenvalue weighted by Gasteiger charge is -2.18. The number of hydrogen-bond acceptors (Lipinski definition) is 2. The van der Waals surface area contributed by atoms with Crippen LogP contribution in [0.25, 0.3) is 0 Å². The highest BCUT2D eigenvalue weighted by molar-refractivity contribution is 7.98. The molecule has 1 nitrogen and oxygen atoms in total. The molecule has 0 bridgehead atoms. The Morgan fingerprint density at radius 2 is 1.85 bits per heavy atom. The van der Waals surface area contributed by atoms with E-state index in [1.807, 2.05) is 23.9 Å².